The molecule has 0 radical (unpaired) electrons. The molecule has 0 aliphatic heterocycles. The first-order valence-corrected chi connectivity index (χ1v) is 10.5. The van der Waals surface area contributed by atoms with Crippen LogP contribution in [0.2, 0.25) is 5.02 Å². The molecule has 0 aliphatic rings. The number of carbonyl (C=O) groups is 3. The van der Waals surface area contributed by atoms with Gasteiger partial charge >= 0.3 is 5.97 Å². The van der Waals surface area contributed by atoms with E-state index in [1.165, 1.54) is 7.05 Å². The average Bonchev–Trinajstić information content (AvgIpc) is 2.83. The van der Waals surface area contributed by atoms with Crippen LogP contribution in [0.4, 0.5) is 5.69 Å². The first-order chi connectivity index (χ1) is 15.9. The number of hydrogen-bond acceptors (Lipinski definition) is 5. The zero-order chi connectivity index (χ0) is 23.6. The van der Waals surface area contributed by atoms with Gasteiger partial charge in [0.05, 0.1) is 17.3 Å². The van der Waals surface area contributed by atoms with Gasteiger partial charge in [0.1, 0.15) is 17.9 Å². The zero-order valence-corrected chi connectivity index (χ0v) is 18.7. The Morgan fingerprint density at radius 1 is 0.909 bits per heavy atom. The van der Waals surface area contributed by atoms with Crippen LogP contribution in [0.15, 0.2) is 78.9 Å². The number of para-hydroxylation sites is 2. The van der Waals surface area contributed by atoms with Crippen LogP contribution in [0, 0.1) is 0 Å². The molecule has 7 nitrogen and oxygen atoms in total. The number of nitrogens with zero attached hydrogens (tertiary/aromatic N) is 1. The van der Waals surface area contributed by atoms with E-state index in [1.54, 1.807) is 48.5 Å². The fraction of sp³-hybridized carbons (Fsp3) is 0.160. The number of halogens is 1. The summed E-state index contributed by atoms with van der Waals surface area (Å²) in [5.41, 5.74) is 1.61. The molecule has 3 aromatic rings. The van der Waals surface area contributed by atoms with Gasteiger partial charge in [0.2, 0.25) is 5.91 Å². The molecule has 8 heteroatoms. The highest BCUT2D eigenvalue weighted by Crippen LogP contribution is 2.21. The Labute approximate surface area is 196 Å². The number of hydrogen-bond donors (Lipinski definition) is 1. The van der Waals surface area contributed by atoms with E-state index in [1.807, 2.05) is 30.3 Å². The number of anilines is 1. The van der Waals surface area contributed by atoms with Crippen LogP contribution in [0.3, 0.4) is 0 Å². The van der Waals surface area contributed by atoms with Crippen LogP contribution < -0.4 is 10.1 Å². The molecule has 0 bridgehead atoms. The van der Waals surface area contributed by atoms with E-state index in [9.17, 15) is 14.4 Å². The lowest BCUT2D eigenvalue weighted by Gasteiger charge is -2.17. The van der Waals surface area contributed by atoms with Gasteiger partial charge in [0.25, 0.3) is 5.91 Å². The molecule has 0 aromatic heterocycles. The van der Waals surface area contributed by atoms with Crippen molar-refractivity contribution in [2.75, 3.05) is 25.5 Å². The number of rotatable bonds is 9. The van der Waals surface area contributed by atoms with E-state index in [0.717, 1.165) is 10.5 Å². The van der Waals surface area contributed by atoms with Crippen molar-refractivity contribution in [3.05, 3.63) is 95.0 Å². The van der Waals surface area contributed by atoms with Gasteiger partial charge in [-0.1, -0.05) is 66.2 Å². The van der Waals surface area contributed by atoms with Crippen molar-refractivity contribution in [2.45, 2.75) is 6.61 Å². The van der Waals surface area contributed by atoms with Crippen LogP contribution >= 0.6 is 11.6 Å². The molecule has 0 atom stereocenters. The third-order valence-electron chi connectivity index (χ3n) is 4.63. The van der Waals surface area contributed by atoms with E-state index in [2.05, 4.69) is 5.32 Å². The summed E-state index contributed by atoms with van der Waals surface area (Å²) in [5, 5.41) is 3.02. The summed E-state index contributed by atoms with van der Waals surface area (Å²) in [6, 6.07) is 23.0. The minimum Gasteiger partial charge on any atom is -0.488 e. The van der Waals surface area contributed by atoms with E-state index < -0.39 is 24.4 Å². The Bertz CT molecular complexity index is 1120. The van der Waals surface area contributed by atoms with Gasteiger partial charge in [-0.05, 0) is 29.8 Å². The quantitative estimate of drug-likeness (QED) is 0.478. The first kappa shape index (κ1) is 23.8. The Hall–Kier alpha value is -3.84. The van der Waals surface area contributed by atoms with Gasteiger partial charge in [-0.3, -0.25) is 9.59 Å². The molecule has 0 aliphatic carbocycles. The number of esters is 1. The summed E-state index contributed by atoms with van der Waals surface area (Å²) < 4.78 is 10.9. The standard InChI is InChI=1S/C25H23ClN2O5/c1-28(15-23(29)27-21-13-7-6-12-20(21)26)24(30)17-33-25(31)19-11-5-8-14-22(19)32-16-18-9-3-2-4-10-18/h2-14H,15-17H2,1H3,(H,27,29). The second-order valence-electron chi connectivity index (χ2n) is 7.12. The molecule has 0 unspecified atom stereocenters. The summed E-state index contributed by atoms with van der Waals surface area (Å²) in [6.07, 6.45) is 0. The smallest absolute Gasteiger partial charge is 0.342 e. The molecule has 0 saturated heterocycles. The number of benzene rings is 3. The molecule has 3 aromatic carbocycles. The molecule has 1 N–H and O–H groups in total. The predicted molar refractivity (Wildman–Crippen MR) is 125 cm³/mol. The molecule has 0 saturated carbocycles. The van der Waals surface area contributed by atoms with E-state index in [4.69, 9.17) is 21.1 Å². The largest absolute Gasteiger partial charge is 0.488 e. The fourth-order valence-electron chi connectivity index (χ4n) is 2.87. The summed E-state index contributed by atoms with van der Waals surface area (Å²) in [7, 11) is 1.44. The second-order valence-corrected chi connectivity index (χ2v) is 7.53. The molecule has 2 amide bonds. The number of nitrogens with one attached hydrogen (secondary N) is 1. The fourth-order valence-corrected chi connectivity index (χ4v) is 3.05. The summed E-state index contributed by atoms with van der Waals surface area (Å²) in [4.78, 5) is 38.2. The van der Waals surface area contributed by atoms with Crippen molar-refractivity contribution in [3.63, 3.8) is 0 Å². The molecule has 33 heavy (non-hydrogen) atoms. The van der Waals surface area contributed by atoms with Crippen LogP contribution in [0.1, 0.15) is 15.9 Å². The third kappa shape index (κ3) is 7.08. The highest BCUT2D eigenvalue weighted by atomic mass is 35.5. The Morgan fingerprint density at radius 3 is 2.33 bits per heavy atom. The number of ether oxygens (including phenoxy) is 2. The lowest BCUT2D eigenvalue weighted by molar-refractivity contribution is -0.136. The Morgan fingerprint density at radius 2 is 1.58 bits per heavy atom. The van der Waals surface area contributed by atoms with E-state index in [-0.39, 0.29) is 18.7 Å². The van der Waals surface area contributed by atoms with Gasteiger partial charge in [-0.15, -0.1) is 0 Å². The normalized spacial score (nSPS) is 10.2. The first-order valence-electron chi connectivity index (χ1n) is 10.2. The van der Waals surface area contributed by atoms with Crippen molar-refractivity contribution in [1.82, 2.24) is 4.90 Å². The molecular weight excluding hydrogens is 444 g/mol. The third-order valence-corrected chi connectivity index (χ3v) is 4.95. The lowest BCUT2D eigenvalue weighted by atomic mass is 10.2. The maximum absolute atomic E-state index is 12.5. The maximum Gasteiger partial charge on any atom is 0.342 e. The zero-order valence-electron chi connectivity index (χ0n) is 18.0. The van der Waals surface area contributed by atoms with Crippen molar-refractivity contribution in [1.29, 1.82) is 0 Å². The van der Waals surface area contributed by atoms with Crippen molar-refractivity contribution >= 4 is 35.1 Å². The Balaban J connectivity index is 1.51. The number of amides is 2. The number of carbonyl (C=O) groups excluding carboxylic acids is 3. The molecule has 170 valence electrons. The van der Waals surface area contributed by atoms with Gasteiger partial charge in [-0.2, -0.15) is 0 Å². The monoisotopic (exact) mass is 466 g/mol. The molecule has 3 rings (SSSR count). The molecule has 0 fully saturated rings. The van der Waals surface area contributed by atoms with E-state index in [0.29, 0.717) is 16.5 Å². The minimum absolute atomic E-state index is 0.209. The average molecular weight is 467 g/mol. The van der Waals surface area contributed by atoms with Crippen molar-refractivity contribution in [3.8, 4) is 5.75 Å². The number of likely N-dealkylation sites (N-methyl/N-ethyl adjacent to an activating group) is 1. The summed E-state index contributed by atoms with van der Waals surface area (Å²) in [5.74, 6) is -1.29. The minimum atomic E-state index is -0.694. The van der Waals surface area contributed by atoms with Crippen LogP contribution in [0.5, 0.6) is 5.75 Å². The highest BCUT2D eigenvalue weighted by Gasteiger charge is 2.19. The molecule has 0 heterocycles. The van der Waals surface area contributed by atoms with Gasteiger partial charge in [0.15, 0.2) is 6.61 Å². The predicted octanol–water partition coefficient (Wildman–Crippen LogP) is 4.17. The molecule has 0 spiro atoms. The van der Waals surface area contributed by atoms with E-state index >= 15 is 0 Å². The van der Waals surface area contributed by atoms with Crippen LogP contribution in [-0.4, -0.2) is 42.9 Å². The molecular formula is C25H23ClN2O5. The lowest BCUT2D eigenvalue weighted by Crippen LogP contribution is -2.37. The summed E-state index contributed by atoms with van der Waals surface area (Å²) in [6.45, 7) is -0.451. The highest BCUT2D eigenvalue weighted by molar-refractivity contribution is 6.33. The summed E-state index contributed by atoms with van der Waals surface area (Å²) >= 11 is 6.02. The SMILES string of the molecule is CN(CC(=O)Nc1ccccc1Cl)C(=O)COC(=O)c1ccccc1OCc1ccccc1. The second kappa shape index (κ2) is 11.7. The van der Waals surface area contributed by atoms with Crippen molar-refractivity contribution in [2.24, 2.45) is 0 Å². The van der Waals surface area contributed by atoms with Crippen molar-refractivity contribution < 1.29 is 23.9 Å². The Kier molecular flexibility index (Phi) is 8.43. The van der Waals surface area contributed by atoms with Crippen LogP contribution in [-0.2, 0) is 20.9 Å². The topological polar surface area (TPSA) is 84.9 Å². The van der Waals surface area contributed by atoms with Gasteiger partial charge in [0, 0.05) is 7.05 Å². The van der Waals surface area contributed by atoms with Gasteiger partial charge < -0.3 is 19.7 Å². The maximum atomic E-state index is 12.5. The van der Waals surface area contributed by atoms with Gasteiger partial charge in [-0.25, -0.2) is 4.79 Å². The van der Waals surface area contributed by atoms with Crippen LogP contribution in [0.25, 0.3) is 0 Å².